The van der Waals surface area contributed by atoms with Crippen LogP contribution in [0.15, 0.2) is 12.1 Å². The van der Waals surface area contributed by atoms with E-state index in [2.05, 4.69) is 5.32 Å². The number of rotatable bonds is 6. The van der Waals surface area contributed by atoms with Crippen molar-refractivity contribution in [1.82, 2.24) is 5.32 Å². The summed E-state index contributed by atoms with van der Waals surface area (Å²) in [5.74, 6) is 0.726. The third-order valence-corrected chi connectivity index (χ3v) is 3.18. The molecule has 108 valence electrons. The first kappa shape index (κ1) is 16.0. The van der Waals surface area contributed by atoms with Crippen LogP contribution in [0.25, 0.3) is 0 Å². The second-order valence-corrected chi connectivity index (χ2v) is 5.20. The lowest BCUT2D eigenvalue weighted by molar-refractivity contribution is 0.118. The van der Waals surface area contributed by atoms with Crippen molar-refractivity contribution in [3.63, 3.8) is 0 Å². The van der Waals surface area contributed by atoms with Gasteiger partial charge in [0.15, 0.2) is 0 Å². The highest BCUT2D eigenvalue weighted by Crippen LogP contribution is 2.31. The lowest BCUT2D eigenvalue weighted by Crippen LogP contribution is -2.36. The average Bonchev–Trinajstić information content (AvgIpc) is 2.34. The van der Waals surface area contributed by atoms with Gasteiger partial charge in [0.2, 0.25) is 0 Å². The fraction of sp³-hybridized carbons (Fsp3) is 0.600. The molecule has 0 heterocycles. The summed E-state index contributed by atoms with van der Waals surface area (Å²) in [4.78, 5) is 0. The monoisotopic (exact) mass is 267 g/mol. The number of aliphatic hydroxyl groups is 2. The summed E-state index contributed by atoms with van der Waals surface area (Å²) in [5.41, 5.74) is 2.89. The van der Waals surface area contributed by atoms with Crippen LogP contribution in [0.5, 0.6) is 5.75 Å². The third-order valence-electron chi connectivity index (χ3n) is 3.18. The van der Waals surface area contributed by atoms with Crippen molar-refractivity contribution < 1.29 is 14.9 Å². The van der Waals surface area contributed by atoms with Gasteiger partial charge in [0.05, 0.1) is 19.3 Å². The molecule has 3 unspecified atom stereocenters. The summed E-state index contributed by atoms with van der Waals surface area (Å²) in [7, 11) is 1.61. The van der Waals surface area contributed by atoms with Crippen molar-refractivity contribution in [2.75, 3.05) is 13.7 Å². The first-order valence-electron chi connectivity index (χ1n) is 6.61. The Hall–Kier alpha value is -1.10. The molecule has 0 aliphatic rings. The predicted octanol–water partition coefficient (Wildman–Crippen LogP) is 1.70. The Morgan fingerprint density at radius 1 is 1.21 bits per heavy atom. The molecule has 3 N–H and O–H groups in total. The van der Waals surface area contributed by atoms with E-state index in [9.17, 15) is 10.2 Å². The minimum Gasteiger partial charge on any atom is -0.496 e. The van der Waals surface area contributed by atoms with Crippen LogP contribution in [-0.4, -0.2) is 36.0 Å². The average molecular weight is 267 g/mol. The van der Waals surface area contributed by atoms with Crippen LogP contribution in [0.4, 0.5) is 0 Å². The minimum absolute atomic E-state index is 0.162. The zero-order chi connectivity index (χ0) is 14.6. The Bertz CT molecular complexity index is 418. The van der Waals surface area contributed by atoms with E-state index >= 15 is 0 Å². The lowest BCUT2D eigenvalue weighted by Gasteiger charge is -2.24. The van der Waals surface area contributed by atoms with Gasteiger partial charge in [-0.05, 0) is 39.3 Å². The van der Waals surface area contributed by atoms with E-state index in [1.54, 1.807) is 14.0 Å². The zero-order valence-electron chi connectivity index (χ0n) is 12.4. The van der Waals surface area contributed by atoms with Crippen LogP contribution >= 0.6 is 0 Å². The number of ether oxygens (including phenoxy) is 1. The molecule has 0 spiro atoms. The first-order chi connectivity index (χ1) is 8.86. The molecule has 1 aromatic rings. The molecule has 0 fully saturated rings. The van der Waals surface area contributed by atoms with Crippen molar-refractivity contribution in [3.8, 4) is 5.75 Å². The van der Waals surface area contributed by atoms with Gasteiger partial charge in [-0.2, -0.15) is 0 Å². The molecule has 4 heteroatoms. The number of methoxy groups -OCH3 is 1. The van der Waals surface area contributed by atoms with E-state index in [4.69, 9.17) is 4.74 Å². The fourth-order valence-corrected chi connectivity index (χ4v) is 2.22. The van der Waals surface area contributed by atoms with Crippen molar-refractivity contribution >= 4 is 0 Å². The van der Waals surface area contributed by atoms with Gasteiger partial charge < -0.3 is 20.3 Å². The Morgan fingerprint density at radius 2 is 1.84 bits per heavy atom. The summed E-state index contributed by atoms with van der Waals surface area (Å²) in [6.45, 7) is 8.02. The number of hydrogen-bond donors (Lipinski definition) is 3. The van der Waals surface area contributed by atoms with Gasteiger partial charge in [0.1, 0.15) is 5.75 Å². The Labute approximate surface area is 115 Å². The molecule has 0 aromatic heterocycles. The summed E-state index contributed by atoms with van der Waals surface area (Å²) in [6, 6.07) is 3.81. The standard InChI is InChI=1S/C15H25NO3/c1-9-6-10(2)15(19-5)13(7-9)14(18)12(4)16-8-11(3)17/h6-7,11-12,14,16-18H,8H2,1-5H3. The van der Waals surface area contributed by atoms with Gasteiger partial charge in [0.25, 0.3) is 0 Å². The maximum atomic E-state index is 10.4. The molecule has 0 saturated heterocycles. The van der Waals surface area contributed by atoms with Crippen LogP contribution in [0.3, 0.4) is 0 Å². The highest BCUT2D eigenvalue weighted by molar-refractivity contribution is 5.45. The molecule has 0 amide bonds. The van der Waals surface area contributed by atoms with Crippen LogP contribution < -0.4 is 10.1 Å². The van der Waals surface area contributed by atoms with Crippen LogP contribution in [0.2, 0.25) is 0 Å². The summed E-state index contributed by atoms with van der Waals surface area (Å²) < 4.78 is 5.39. The topological polar surface area (TPSA) is 61.7 Å². The van der Waals surface area contributed by atoms with E-state index < -0.39 is 12.2 Å². The van der Waals surface area contributed by atoms with Crippen LogP contribution in [-0.2, 0) is 0 Å². The summed E-state index contributed by atoms with van der Waals surface area (Å²) >= 11 is 0. The molecular formula is C15H25NO3. The summed E-state index contributed by atoms with van der Waals surface area (Å²) in [6.07, 6.45) is -1.11. The molecule has 0 radical (unpaired) electrons. The minimum atomic E-state index is -0.674. The maximum Gasteiger partial charge on any atom is 0.127 e. The number of hydrogen-bond acceptors (Lipinski definition) is 4. The first-order valence-corrected chi connectivity index (χ1v) is 6.61. The molecule has 1 rings (SSSR count). The second kappa shape index (κ2) is 6.89. The van der Waals surface area contributed by atoms with Gasteiger partial charge in [-0.1, -0.05) is 11.6 Å². The highest BCUT2D eigenvalue weighted by Gasteiger charge is 2.21. The van der Waals surface area contributed by atoms with Gasteiger partial charge in [-0.25, -0.2) is 0 Å². The number of aryl methyl sites for hydroxylation is 2. The van der Waals surface area contributed by atoms with Gasteiger partial charge in [0, 0.05) is 18.2 Å². The predicted molar refractivity (Wildman–Crippen MR) is 76.6 cm³/mol. The number of nitrogens with one attached hydrogen (secondary N) is 1. The summed E-state index contributed by atoms with van der Waals surface area (Å²) in [5, 5.41) is 22.8. The second-order valence-electron chi connectivity index (χ2n) is 5.20. The Morgan fingerprint density at radius 3 is 2.37 bits per heavy atom. The van der Waals surface area contributed by atoms with Crippen molar-refractivity contribution in [3.05, 3.63) is 28.8 Å². The van der Waals surface area contributed by atoms with Gasteiger partial charge in [-0.15, -0.1) is 0 Å². The van der Waals surface area contributed by atoms with Crippen molar-refractivity contribution in [1.29, 1.82) is 0 Å². The SMILES string of the molecule is COc1c(C)cc(C)cc1C(O)C(C)NCC(C)O. The molecule has 3 atom stereocenters. The van der Waals surface area contributed by atoms with E-state index in [1.165, 1.54) is 0 Å². The molecule has 0 aliphatic carbocycles. The molecule has 0 aliphatic heterocycles. The molecule has 19 heavy (non-hydrogen) atoms. The third kappa shape index (κ3) is 4.20. The van der Waals surface area contributed by atoms with E-state index in [0.29, 0.717) is 6.54 Å². The van der Waals surface area contributed by atoms with E-state index in [-0.39, 0.29) is 6.04 Å². The fourth-order valence-electron chi connectivity index (χ4n) is 2.22. The quantitative estimate of drug-likeness (QED) is 0.734. The highest BCUT2D eigenvalue weighted by atomic mass is 16.5. The molecule has 1 aromatic carbocycles. The lowest BCUT2D eigenvalue weighted by atomic mass is 9.97. The molecular weight excluding hydrogens is 242 g/mol. The van der Waals surface area contributed by atoms with Crippen molar-refractivity contribution in [2.45, 2.75) is 45.9 Å². The van der Waals surface area contributed by atoms with Gasteiger partial charge >= 0.3 is 0 Å². The maximum absolute atomic E-state index is 10.4. The molecule has 0 bridgehead atoms. The van der Waals surface area contributed by atoms with E-state index in [0.717, 1.165) is 22.4 Å². The number of aliphatic hydroxyl groups excluding tert-OH is 2. The number of benzene rings is 1. The largest absolute Gasteiger partial charge is 0.496 e. The molecule has 4 nitrogen and oxygen atoms in total. The Kier molecular flexibility index (Phi) is 5.79. The van der Waals surface area contributed by atoms with Crippen LogP contribution in [0.1, 0.15) is 36.6 Å². The smallest absolute Gasteiger partial charge is 0.127 e. The molecule has 0 saturated carbocycles. The van der Waals surface area contributed by atoms with Crippen molar-refractivity contribution in [2.24, 2.45) is 0 Å². The van der Waals surface area contributed by atoms with Crippen LogP contribution in [0, 0.1) is 13.8 Å². The van der Waals surface area contributed by atoms with E-state index in [1.807, 2.05) is 32.9 Å². The van der Waals surface area contributed by atoms with Gasteiger partial charge in [-0.3, -0.25) is 0 Å². The normalized spacial score (nSPS) is 15.9. The Balaban J connectivity index is 2.94. The zero-order valence-corrected chi connectivity index (χ0v) is 12.4.